The van der Waals surface area contributed by atoms with Crippen LogP contribution in [-0.2, 0) is 10.3 Å². The summed E-state index contributed by atoms with van der Waals surface area (Å²) in [6, 6.07) is 19.9. The summed E-state index contributed by atoms with van der Waals surface area (Å²) in [5.41, 5.74) is 28.9. The van der Waals surface area contributed by atoms with E-state index in [2.05, 4.69) is 5.32 Å². The number of nitrogen functional groups attached to an aromatic ring is 1. The number of carbonyl (C=O) groups is 2. The SMILES string of the molecule is Nc1ccc2c3c(c(C(=O)N[C@@H]4CCC[C@@H]4N)sc13)C(N)C(=O)C2(N)c1cccc(-c2ccccc2)c1. The Labute approximate surface area is 218 Å². The maximum absolute atomic E-state index is 14.0. The maximum Gasteiger partial charge on any atom is 0.262 e. The molecule has 1 aromatic heterocycles. The number of thiophene rings is 1. The van der Waals surface area contributed by atoms with Gasteiger partial charge in [-0.2, -0.15) is 0 Å². The van der Waals surface area contributed by atoms with Crippen molar-refractivity contribution in [2.45, 2.75) is 42.9 Å². The molecule has 1 fully saturated rings. The zero-order valence-corrected chi connectivity index (χ0v) is 21.1. The average Bonchev–Trinajstić information content (AvgIpc) is 3.52. The number of ketones is 1. The summed E-state index contributed by atoms with van der Waals surface area (Å²) >= 11 is 1.26. The van der Waals surface area contributed by atoms with Crippen LogP contribution in [0.1, 0.15) is 51.7 Å². The number of Topliss-reactive ketones (excluding diaryl/α,β-unsaturated/α-hetero) is 1. The van der Waals surface area contributed by atoms with E-state index in [1.165, 1.54) is 11.3 Å². The van der Waals surface area contributed by atoms with Gasteiger partial charge in [0.05, 0.1) is 15.6 Å². The molecule has 4 aromatic rings. The fraction of sp³-hybridized carbons (Fsp3) is 0.241. The topological polar surface area (TPSA) is 150 Å². The molecule has 0 spiro atoms. The van der Waals surface area contributed by atoms with Gasteiger partial charge in [-0.05, 0) is 53.6 Å². The number of amides is 1. The second-order valence-electron chi connectivity index (χ2n) is 10.0. The number of rotatable bonds is 4. The molecular weight excluding hydrogens is 482 g/mol. The first-order chi connectivity index (χ1) is 17.8. The molecule has 2 aliphatic rings. The Morgan fingerprint density at radius 1 is 0.973 bits per heavy atom. The van der Waals surface area contributed by atoms with Gasteiger partial charge in [-0.15, -0.1) is 11.3 Å². The van der Waals surface area contributed by atoms with Gasteiger partial charge in [-0.1, -0.05) is 54.6 Å². The lowest BCUT2D eigenvalue weighted by Crippen LogP contribution is -2.52. The number of nitrogens with one attached hydrogen (secondary N) is 1. The predicted molar refractivity (Wildman–Crippen MR) is 148 cm³/mol. The van der Waals surface area contributed by atoms with Gasteiger partial charge in [0, 0.05) is 28.7 Å². The van der Waals surface area contributed by atoms with Crippen LogP contribution in [0.3, 0.4) is 0 Å². The predicted octanol–water partition coefficient (Wildman–Crippen LogP) is 3.54. The second-order valence-corrected chi connectivity index (χ2v) is 11.0. The first-order valence-electron chi connectivity index (χ1n) is 12.5. The summed E-state index contributed by atoms with van der Waals surface area (Å²) in [5, 5.41) is 3.76. The monoisotopic (exact) mass is 511 g/mol. The van der Waals surface area contributed by atoms with Crippen LogP contribution < -0.4 is 28.3 Å². The third kappa shape index (κ3) is 3.59. The molecule has 8 heteroatoms. The van der Waals surface area contributed by atoms with E-state index in [4.69, 9.17) is 22.9 Å². The van der Waals surface area contributed by atoms with Crippen molar-refractivity contribution in [3.8, 4) is 11.1 Å². The minimum absolute atomic E-state index is 0.0841. The van der Waals surface area contributed by atoms with Crippen LogP contribution in [0.4, 0.5) is 5.69 Å². The van der Waals surface area contributed by atoms with Crippen molar-refractivity contribution in [1.29, 1.82) is 0 Å². The minimum atomic E-state index is -1.49. The quantitative estimate of drug-likeness (QED) is 0.264. The molecular formula is C29H29N5O2S. The Balaban J connectivity index is 1.52. The summed E-state index contributed by atoms with van der Waals surface area (Å²) in [6.45, 7) is 0. The van der Waals surface area contributed by atoms with E-state index in [0.717, 1.165) is 30.4 Å². The van der Waals surface area contributed by atoms with Gasteiger partial charge >= 0.3 is 0 Å². The average molecular weight is 512 g/mol. The first-order valence-corrected chi connectivity index (χ1v) is 13.3. The Kier molecular flexibility index (Phi) is 5.65. The summed E-state index contributed by atoms with van der Waals surface area (Å²) in [6.07, 6.45) is 2.67. The number of nitrogens with two attached hydrogens (primary N) is 4. The molecule has 2 aliphatic carbocycles. The normalized spacial score (nSPS) is 24.9. The highest BCUT2D eigenvalue weighted by Crippen LogP contribution is 2.49. The van der Waals surface area contributed by atoms with Crippen LogP contribution in [0.25, 0.3) is 21.2 Å². The molecule has 0 aliphatic heterocycles. The van der Waals surface area contributed by atoms with Crippen LogP contribution in [-0.4, -0.2) is 23.8 Å². The molecule has 0 saturated heterocycles. The molecule has 1 amide bonds. The number of carbonyl (C=O) groups excluding carboxylic acids is 2. The summed E-state index contributed by atoms with van der Waals surface area (Å²) < 4.78 is 0.713. The summed E-state index contributed by atoms with van der Waals surface area (Å²) in [5.74, 6) is -0.635. The molecule has 2 unspecified atom stereocenters. The van der Waals surface area contributed by atoms with Crippen molar-refractivity contribution in [1.82, 2.24) is 5.32 Å². The number of anilines is 1. The van der Waals surface area contributed by atoms with Crippen LogP contribution >= 0.6 is 11.3 Å². The second kappa shape index (κ2) is 8.78. The van der Waals surface area contributed by atoms with Gasteiger partial charge in [-0.3, -0.25) is 9.59 Å². The van der Waals surface area contributed by atoms with E-state index in [0.29, 0.717) is 37.3 Å². The zero-order chi connectivity index (χ0) is 25.9. The zero-order valence-electron chi connectivity index (χ0n) is 20.2. The van der Waals surface area contributed by atoms with Crippen molar-refractivity contribution in [2.24, 2.45) is 17.2 Å². The molecule has 0 bridgehead atoms. The maximum atomic E-state index is 14.0. The van der Waals surface area contributed by atoms with E-state index in [1.807, 2.05) is 54.6 Å². The third-order valence-corrected chi connectivity index (χ3v) is 9.08. The number of benzene rings is 3. The van der Waals surface area contributed by atoms with Crippen LogP contribution in [0.15, 0.2) is 66.7 Å². The fourth-order valence-corrected chi connectivity index (χ4v) is 7.03. The lowest BCUT2D eigenvalue weighted by atomic mass is 9.70. The lowest BCUT2D eigenvalue weighted by Gasteiger charge is -2.36. The van der Waals surface area contributed by atoms with E-state index in [1.54, 1.807) is 12.1 Å². The standard InChI is InChI=1S/C29H29N5O2S/c30-19-10-5-11-21(19)34-28(36)26-23-22-18(12-13-20(31)25(22)37-26)29(33,27(35)24(23)32)17-9-4-8-16(14-17)15-6-2-1-3-7-15/h1-4,6-9,12-14,19,21,24H,5,10-11,30-33H2,(H,34,36)/t19-,21+,24?,29?/m0/s1. The highest BCUT2D eigenvalue weighted by atomic mass is 32.1. The van der Waals surface area contributed by atoms with Crippen LogP contribution in [0.5, 0.6) is 0 Å². The molecule has 0 radical (unpaired) electrons. The van der Waals surface area contributed by atoms with Gasteiger partial charge in [0.2, 0.25) is 0 Å². The largest absolute Gasteiger partial charge is 0.398 e. The highest BCUT2D eigenvalue weighted by Gasteiger charge is 2.49. The van der Waals surface area contributed by atoms with Crippen molar-refractivity contribution >= 4 is 38.8 Å². The van der Waals surface area contributed by atoms with Gasteiger partial charge in [0.1, 0.15) is 5.54 Å². The third-order valence-electron chi connectivity index (χ3n) is 7.83. The molecule has 6 rings (SSSR count). The lowest BCUT2D eigenvalue weighted by molar-refractivity contribution is -0.124. The van der Waals surface area contributed by atoms with Crippen LogP contribution in [0.2, 0.25) is 0 Å². The van der Waals surface area contributed by atoms with E-state index < -0.39 is 11.6 Å². The molecule has 188 valence electrons. The van der Waals surface area contributed by atoms with E-state index in [9.17, 15) is 9.59 Å². The molecule has 1 heterocycles. The van der Waals surface area contributed by atoms with Crippen molar-refractivity contribution < 1.29 is 9.59 Å². The van der Waals surface area contributed by atoms with Crippen LogP contribution in [0, 0.1) is 0 Å². The smallest absolute Gasteiger partial charge is 0.262 e. The Bertz CT molecular complexity index is 1550. The fourth-order valence-electron chi connectivity index (χ4n) is 5.82. The van der Waals surface area contributed by atoms with E-state index in [-0.39, 0.29) is 23.8 Å². The van der Waals surface area contributed by atoms with Crippen molar-refractivity contribution in [2.75, 3.05) is 5.73 Å². The summed E-state index contributed by atoms with van der Waals surface area (Å²) in [7, 11) is 0. The minimum Gasteiger partial charge on any atom is -0.398 e. The van der Waals surface area contributed by atoms with Gasteiger partial charge < -0.3 is 28.3 Å². The first kappa shape index (κ1) is 23.8. The molecule has 3 aromatic carbocycles. The summed E-state index contributed by atoms with van der Waals surface area (Å²) in [4.78, 5) is 27.9. The van der Waals surface area contributed by atoms with Crippen molar-refractivity contribution in [3.05, 3.63) is 88.3 Å². The number of hydrogen-bond acceptors (Lipinski definition) is 7. The van der Waals surface area contributed by atoms with E-state index >= 15 is 0 Å². The van der Waals surface area contributed by atoms with Crippen molar-refractivity contribution in [3.63, 3.8) is 0 Å². The molecule has 37 heavy (non-hydrogen) atoms. The Hall–Kier alpha value is -3.56. The van der Waals surface area contributed by atoms with Gasteiger partial charge in [0.25, 0.3) is 5.91 Å². The molecule has 4 atom stereocenters. The highest BCUT2D eigenvalue weighted by molar-refractivity contribution is 7.21. The Morgan fingerprint density at radius 3 is 2.46 bits per heavy atom. The Morgan fingerprint density at radius 2 is 1.73 bits per heavy atom. The van der Waals surface area contributed by atoms with Gasteiger partial charge in [0.15, 0.2) is 5.78 Å². The number of hydrogen-bond donors (Lipinski definition) is 5. The van der Waals surface area contributed by atoms with Gasteiger partial charge in [-0.25, -0.2) is 0 Å². The molecule has 7 nitrogen and oxygen atoms in total. The molecule has 1 saturated carbocycles. The molecule has 9 N–H and O–H groups in total.